The summed E-state index contributed by atoms with van der Waals surface area (Å²) in [5.41, 5.74) is 1.97. The number of para-hydroxylation sites is 1. The summed E-state index contributed by atoms with van der Waals surface area (Å²) in [5.74, 6) is 0.982. The standard InChI is InChI=1S/C13H18O/c1-5-10(4)12-8-6-7-11(9(2)3)13(12)14/h5-10,14H,1H2,2-4H3/t10-/m1/s1. The Balaban J connectivity index is 3.20. The highest BCUT2D eigenvalue weighted by atomic mass is 16.3. The molecule has 1 heteroatoms. The number of allylic oxidation sites excluding steroid dienone is 1. The molecule has 0 aliphatic rings. The maximum absolute atomic E-state index is 10.0. The van der Waals surface area contributed by atoms with Gasteiger partial charge in [-0.15, -0.1) is 6.58 Å². The van der Waals surface area contributed by atoms with Crippen molar-refractivity contribution < 1.29 is 5.11 Å². The van der Waals surface area contributed by atoms with Crippen LogP contribution in [0.1, 0.15) is 43.7 Å². The average molecular weight is 190 g/mol. The Morgan fingerprint density at radius 2 is 1.79 bits per heavy atom. The molecule has 0 aromatic heterocycles. The molecule has 0 saturated carbocycles. The molecule has 1 aromatic carbocycles. The molecular formula is C13H18O. The molecule has 0 bridgehead atoms. The Hall–Kier alpha value is -1.24. The first-order valence-electron chi connectivity index (χ1n) is 5.02. The van der Waals surface area contributed by atoms with Gasteiger partial charge in [0.25, 0.3) is 0 Å². The van der Waals surface area contributed by atoms with Gasteiger partial charge in [0.1, 0.15) is 5.75 Å². The summed E-state index contributed by atoms with van der Waals surface area (Å²) in [6, 6.07) is 5.91. The first-order chi connectivity index (χ1) is 6.57. The Morgan fingerprint density at radius 3 is 2.29 bits per heavy atom. The van der Waals surface area contributed by atoms with Crippen LogP contribution in [-0.4, -0.2) is 5.11 Å². The molecule has 1 rings (SSSR count). The van der Waals surface area contributed by atoms with E-state index in [1.807, 2.05) is 31.2 Å². The highest BCUT2D eigenvalue weighted by Crippen LogP contribution is 2.33. The third-order valence-corrected chi connectivity index (χ3v) is 2.56. The Bertz CT molecular complexity index is 326. The molecule has 0 amide bonds. The van der Waals surface area contributed by atoms with E-state index in [2.05, 4.69) is 20.4 Å². The molecule has 1 aromatic rings. The highest BCUT2D eigenvalue weighted by molar-refractivity contribution is 5.44. The maximum Gasteiger partial charge on any atom is 0.122 e. The van der Waals surface area contributed by atoms with E-state index in [-0.39, 0.29) is 5.92 Å². The van der Waals surface area contributed by atoms with Crippen molar-refractivity contribution in [1.29, 1.82) is 0 Å². The lowest BCUT2D eigenvalue weighted by Gasteiger charge is -2.14. The van der Waals surface area contributed by atoms with Gasteiger partial charge in [-0.25, -0.2) is 0 Å². The summed E-state index contributed by atoms with van der Waals surface area (Å²) in [6.07, 6.45) is 1.85. The van der Waals surface area contributed by atoms with Crippen LogP contribution in [0.5, 0.6) is 5.75 Å². The predicted molar refractivity (Wildman–Crippen MR) is 60.8 cm³/mol. The van der Waals surface area contributed by atoms with Crippen LogP contribution in [0.25, 0.3) is 0 Å². The molecule has 0 fully saturated rings. The minimum atomic E-state index is 0.202. The second-order valence-corrected chi connectivity index (χ2v) is 3.96. The smallest absolute Gasteiger partial charge is 0.122 e. The lowest BCUT2D eigenvalue weighted by Crippen LogP contribution is -1.95. The monoisotopic (exact) mass is 190 g/mol. The van der Waals surface area contributed by atoms with Crippen molar-refractivity contribution in [2.75, 3.05) is 0 Å². The molecule has 1 nitrogen and oxygen atoms in total. The normalized spacial score (nSPS) is 12.9. The van der Waals surface area contributed by atoms with Crippen LogP contribution in [0.4, 0.5) is 0 Å². The van der Waals surface area contributed by atoms with Gasteiger partial charge in [-0.2, -0.15) is 0 Å². The summed E-state index contributed by atoms with van der Waals surface area (Å²) in [5, 5.41) is 10.0. The van der Waals surface area contributed by atoms with Gasteiger partial charge in [0, 0.05) is 11.5 Å². The van der Waals surface area contributed by atoms with Crippen LogP contribution >= 0.6 is 0 Å². The Labute approximate surface area is 86.1 Å². The summed E-state index contributed by atoms with van der Waals surface area (Å²) in [7, 11) is 0. The predicted octanol–water partition coefficient (Wildman–Crippen LogP) is 3.81. The summed E-state index contributed by atoms with van der Waals surface area (Å²) in [4.78, 5) is 0. The van der Waals surface area contributed by atoms with Crippen molar-refractivity contribution in [3.05, 3.63) is 42.0 Å². The molecule has 0 radical (unpaired) electrons. The van der Waals surface area contributed by atoms with Crippen molar-refractivity contribution in [2.45, 2.75) is 32.6 Å². The van der Waals surface area contributed by atoms with Crippen molar-refractivity contribution in [2.24, 2.45) is 0 Å². The van der Waals surface area contributed by atoms with Crippen molar-refractivity contribution >= 4 is 0 Å². The number of hydrogen-bond acceptors (Lipinski definition) is 1. The third kappa shape index (κ3) is 1.98. The number of benzene rings is 1. The molecular weight excluding hydrogens is 172 g/mol. The summed E-state index contributed by atoms with van der Waals surface area (Å²) < 4.78 is 0. The van der Waals surface area contributed by atoms with Gasteiger partial charge in [-0.05, 0) is 11.5 Å². The van der Waals surface area contributed by atoms with E-state index in [0.29, 0.717) is 11.7 Å². The van der Waals surface area contributed by atoms with Crippen LogP contribution in [0, 0.1) is 0 Å². The summed E-state index contributed by atoms with van der Waals surface area (Å²) >= 11 is 0. The van der Waals surface area contributed by atoms with Gasteiger partial charge in [0.2, 0.25) is 0 Å². The van der Waals surface area contributed by atoms with E-state index in [0.717, 1.165) is 11.1 Å². The first kappa shape index (κ1) is 10.8. The molecule has 0 aliphatic heterocycles. The third-order valence-electron chi connectivity index (χ3n) is 2.56. The largest absolute Gasteiger partial charge is 0.507 e. The minimum Gasteiger partial charge on any atom is -0.507 e. The van der Waals surface area contributed by atoms with Crippen LogP contribution in [0.3, 0.4) is 0 Å². The van der Waals surface area contributed by atoms with Gasteiger partial charge in [0.05, 0.1) is 0 Å². The lowest BCUT2D eigenvalue weighted by molar-refractivity contribution is 0.456. The van der Waals surface area contributed by atoms with Crippen LogP contribution in [0.15, 0.2) is 30.9 Å². The molecule has 0 spiro atoms. The number of rotatable bonds is 3. The Kier molecular flexibility index (Phi) is 3.34. The molecule has 1 atom stereocenters. The molecule has 0 unspecified atom stereocenters. The number of phenolic OH excluding ortho intramolecular Hbond substituents is 1. The maximum atomic E-state index is 10.0. The minimum absolute atomic E-state index is 0.202. The molecule has 0 saturated heterocycles. The topological polar surface area (TPSA) is 20.2 Å². The molecule has 1 N–H and O–H groups in total. The van der Waals surface area contributed by atoms with Crippen LogP contribution < -0.4 is 0 Å². The zero-order valence-corrected chi connectivity index (χ0v) is 9.12. The SMILES string of the molecule is C=C[C@@H](C)c1cccc(C(C)C)c1O. The van der Waals surface area contributed by atoms with Gasteiger partial charge in [0.15, 0.2) is 0 Å². The van der Waals surface area contributed by atoms with Crippen molar-refractivity contribution in [1.82, 2.24) is 0 Å². The summed E-state index contributed by atoms with van der Waals surface area (Å²) in [6.45, 7) is 9.94. The quantitative estimate of drug-likeness (QED) is 0.719. The zero-order chi connectivity index (χ0) is 10.7. The molecule has 14 heavy (non-hydrogen) atoms. The molecule has 76 valence electrons. The highest BCUT2D eigenvalue weighted by Gasteiger charge is 2.12. The van der Waals surface area contributed by atoms with Crippen molar-refractivity contribution in [3.63, 3.8) is 0 Å². The number of phenols is 1. The number of hydrogen-bond donors (Lipinski definition) is 1. The van der Waals surface area contributed by atoms with Crippen LogP contribution in [0.2, 0.25) is 0 Å². The average Bonchev–Trinajstić information content (AvgIpc) is 2.16. The Morgan fingerprint density at radius 1 is 1.21 bits per heavy atom. The zero-order valence-electron chi connectivity index (χ0n) is 9.12. The van der Waals surface area contributed by atoms with E-state index in [1.54, 1.807) is 0 Å². The van der Waals surface area contributed by atoms with Crippen molar-refractivity contribution in [3.8, 4) is 5.75 Å². The van der Waals surface area contributed by atoms with Crippen LogP contribution in [-0.2, 0) is 0 Å². The lowest BCUT2D eigenvalue weighted by atomic mass is 9.93. The first-order valence-corrected chi connectivity index (χ1v) is 5.02. The fraction of sp³-hybridized carbons (Fsp3) is 0.385. The van der Waals surface area contributed by atoms with Gasteiger partial charge >= 0.3 is 0 Å². The van der Waals surface area contributed by atoms with Gasteiger partial charge in [-0.3, -0.25) is 0 Å². The van der Waals surface area contributed by atoms with E-state index in [1.165, 1.54) is 0 Å². The fourth-order valence-corrected chi connectivity index (χ4v) is 1.54. The van der Waals surface area contributed by atoms with E-state index in [9.17, 15) is 5.11 Å². The van der Waals surface area contributed by atoms with E-state index in [4.69, 9.17) is 0 Å². The van der Waals surface area contributed by atoms with Gasteiger partial charge in [-0.1, -0.05) is 45.0 Å². The molecule has 0 aliphatic carbocycles. The number of aromatic hydroxyl groups is 1. The van der Waals surface area contributed by atoms with E-state index >= 15 is 0 Å². The second-order valence-electron chi connectivity index (χ2n) is 3.96. The second kappa shape index (κ2) is 4.32. The molecule has 0 heterocycles. The van der Waals surface area contributed by atoms with Gasteiger partial charge < -0.3 is 5.11 Å². The van der Waals surface area contributed by atoms with E-state index < -0.39 is 0 Å². The fourth-order valence-electron chi connectivity index (χ4n) is 1.54.